The average Bonchev–Trinajstić information content (AvgIpc) is 3.11. The summed E-state index contributed by atoms with van der Waals surface area (Å²) in [4.78, 5) is 26.6. The smallest absolute Gasteiger partial charge is 0.237 e. The van der Waals surface area contributed by atoms with Gasteiger partial charge in [-0.1, -0.05) is 48.5 Å². The van der Waals surface area contributed by atoms with Gasteiger partial charge in [0.05, 0.1) is 5.75 Å². The van der Waals surface area contributed by atoms with E-state index in [2.05, 4.69) is 16.7 Å². The van der Waals surface area contributed by atoms with Crippen molar-refractivity contribution in [1.82, 2.24) is 10.6 Å². The Balaban J connectivity index is 1.37. The molecule has 1 fully saturated rings. The predicted octanol–water partition coefficient (Wildman–Crippen LogP) is 2.44. The SMILES string of the molecule is O=C1CC(c2ccccc2)NC(SCC(=O)N2CCc3ccccc32)N1. The minimum atomic E-state index is -0.261. The van der Waals surface area contributed by atoms with Crippen LogP contribution in [0.5, 0.6) is 0 Å². The van der Waals surface area contributed by atoms with E-state index >= 15 is 0 Å². The van der Waals surface area contributed by atoms with Gasteiger partial charge in [0.1, 0.15) is 5.50 Å². The van der Waals surface area contributed by atoms with Crippen LogP contribution in [0, 0.1) is 0 Å². The average molecular weight is 367 g/mol. The third kappa shape index (κ3) is 3.61. The van der Waals surface area contributed by atoms with E-state index in [1.54, 1.807) is 0 Å². The second-order valence-electron chi connectivity index (χ2n) is 6.52. The molecule has 134 valence electrons. The maximum absolute atomic E-state index is 12.6. The Bertz CT molecular complexity index is 812. The van der Waals surface area contributed by atoms with Crippen molar-refractivity contribution in [2.45, 2.75) is 24.4 Å². The molecule has 26 heavy (non-hydrogen) atoms. The van der Waals surface area contributed by atoms with Crippen molar-refractivity contribution in [3.63, 3.8) is 0 Å². The van der Waals surface area contributed by atoms with Crippen LogP contribution in [-0.4, -0.2) is 29.6 Å². The largest absolute Gasteiger partial charge is 0.332 e. The number of hydrogen-bond donors (Lipinski definition) is 2. The molecular formula is C20H21N3O2S. The summed E-state index contributed by atoms with van der Waals surface area (Å²) in [6, 6.07) is 18.0. The Hall–Kier alpha value is -2.31. The lowest BCUT2D eigenvalue weighted by molar-refractivity contribution is -0.123. The number of nitrogens with zero attached hydrogens (tertiary/aromatic N) is 1. The first-order chi connectivity index (χ1) is 12.7. The van der Waals surface area contributed by atoms with Crippen LogP contribution < -0.4 is 15.5 Å². The van der Waals surface area contributed by atoms with Gasteiger partial charge in [0.2, 0.25) is 11.8 Å². The highest BCUT2D eigenvalue weighted by molar-refractivity contribution is 8.00. The molecule has 5 nitrogen and oxygen atoms in total. The van der Waals surface area contributed by atoms with Gasteiger partial charge in [0.25, 0.3) is 0 Å². The molecule has 0 saturated carbocycles. The van der Waals surface area contributed by atoms with E-state index in [1.807, 2.05) is 53.4 Å². The van der Waals surface area contributed by atoms with E-state index in [0.29, 0.717) is 12.2 Å². The van der Waals surface area contributed by atoms with Crippen LogP contribution in [0.3, 0.4) is 0 Å². The molecule has 0 aromatic heterocycles. The zero-order valence-electron chi connectivity index (χ0n) is 14.4. The number of fused-ring (bicyclic) bond motifs is 1. The fourth-order valence-electron chi connectivity index (χ4n) is 3.49. The summed E-state index contributed by atoms with van der Waals surface area (Å²) in [7, 11) is 0. The van der Waals surface area contributed by atoms with Gasteiger partial charge in [-0.05, 0) is 23.6 Å². The summed E-state index contributed by atoms with van der Waals surface area (Å²) in [6.07, 6.45) is 1.32. The standard InChI is InChI=1S/C20H21N3O2S/c24-18-12-16(14-6-2-1-3-7-14)21-20(22-18)26-13-19(25)23-11-10-15-8-4-5-9-17(15)23/h1-9,16,20-21H,10-13H2,(H,22,24). The molecule has 0 radical (unpaired) electrons. The Labute approximate surface area is 157 Å². The minimum Gasteiger partial charge on any atom is -0.332 e. The number of nitrogens with one attached hydrogen (secondary N) is 2. The van der Waals surface area contributed by atoms with Crippen LogP contribution in [-0.2, 0) is 16.0 Å². The van der Waals surface area contributed by atoms with Crippen molar-refractivity contribution < 1.29 is 9.59 Å². The quantitative estimate of drug-likeness (QED) is 0.871. The molecule has 4 rings (SSSR count). The van der Waals surface area contributed by atoms with Crippen molar-refractivity contribution >= 4 is 29.3 Å². The summed E-state index contributed by atoms with van der Waals surface area (Å²) < 4.78 is 0. The molecule has 2 aromatic carbocycles. The zero-order chi connectivity index (χ0) is 17.9. The second-order valence-corrected chi connectivity index (χ2v) is 7.61. The zero-order valence-corrected chi connectivity index (χ0v) is 15.2. The molecule has 0 aliphatic carbocycles. The Morgan fingerprint density at radius 1 is 1.12 bits per heavy atom. The van der Waals surface area contributed by atoms with Gasteiger partial charge in [-0.25, -0.2) is 0 Å². The summed E-state index contributed by atoms with van der Waals surface area (Å²) in [6.45, 7) is 0.732. The van der Waals surface area contributed by atoms with Crippen molar-refractivity contribution in [3.05, 3.63) is 65.7 Å². The van der Waals surface area contributed by atoms with Crippen LogP contribution in [0.25, 0.3) is 0 Å². The highest BCUT2D eigenvalue weighted by Crippen LogP contribution is 2.29. The number of para-hydroxylation sites is 1. The molecule has 2 atom stereocenters. The summed E-state index contributed by atoms with van der Waals surface area (Å²) in [5, 5.41) is 6.35. The van der Waals surface area contributed by atoms with E-state index in [0.717, 1.165) is 24.2 Å². The second kappa shape index (κ2) is 7.51. The summed E-state index contributed by atoms with van der Waals surface area (Å²) in [5.41, 5.74) is 3.07. The van der Waals surface area contributed by atoms with Gasteiger partial charge in [0.15, 0.2) is 0 Å². The van der Waals surface area contributed by atoms with Crippen LogP contribution in [0.2, 0.25) is 0 Å². The first kappa shape index (κ1) is 17.1. The molecule has 6 heteroatoms. The van der Waals surface area contributed by atoms with Gasteiger partial charge >= 0.3 is 0 Å². The molecule has 1 saturated heterocycles. The van der Waals surface area contributed by atoms with Gasteiger partial charge in [-0.15, -0.1) is 11.8 Å². The van der Waals surface area contributed by atoms with E-state index in [4.69, 9.17) is 0 Å². The van der Waals surface area contributed by atoms with Crippen LogP contribution >= 0.6 is 11.8 Å². The van der Waals surface area contributed by atoms with Crippen molar-refractivity contribution in [2.75, 3.05) is 17.2 Å². The van der Waals surface area contributed by atoms with Crippen LogP contribution in [0.15, 0.2) is 54.6 Å². The Kier molecular flexibility index (Phi) is 4.95. The molecule has 2 aromatic rings. The molecule has 2 aliphatic heterocycles. The molecule has 0 bridgehead atoms. The number of carbonyl (C=O) groups is 2. The van der Waals surface area contributed by atoms with E-state index in [1.165, 1.54) is 17.3 Å². The lowest BCUT2D eigenvalue weighted by Crippen LogP contribution is -2.51. The summed E-state index contributed by atoms with van der Waals surface area (Å²) in [5.74, 6) is 0.417. The van der Waals surface area contributed by atoms with E-state index in [9.17, 15) is 9.59 Å². The maximum Gasteiger partial charge on any atom is 0.237 e. The third-order valence-corrected chi connectivity index (χ3v) is 5.80. The lowest BCUT2D eigenvalue weighted by atomic mass is 10.0. The molecule has 2 unspecified atom stereocenters. The van der Waals surface area contributed by atoms with Crippen molar-refractivity contribution in [3.8, 4) is 0 Å². The van der Waals surface area contributed by atoms with Crippen LogP contribution in [0.1, 0.15) is 23.6 Å². The number of thioether (sulfide) groups is 1. The Morgan fingerprint density at radius 3 is 2.73 bits per heavy atom. The molecule has 2 amide bonds. The predicted molar refractivity (Wildman–Crippen MR) is 104 cm³/mol. The monoisotopic (exact) mass is 367 g/mol. The van der Waals surface area contributed by atoms with Crippen molar-refractivity contribution in [1.29, 1.82) is 0 Å². The lowest BCUT2D eigenvalue weighted by Gasteiger charge is -2.31. The van der Waals surface area contributed by atoms with E-state index < -0.39 is 0 Å². The molecule has 2 heterocycles. The number of carbonyl (C=O) groups excluding carboxylic acids is 2. The third-order valence-electron chi connectivity index (χ3n) is 4.80. The summed E-state index contributed by atoms with van der Waals surface area (Å²) >= 11 is 1.43. The first-order valence-electron chi connectivity index (χ1n) is 8.81. The minimum absolute atomic E-state index is 0.00840. The number of amides is 2. The van der Waals surface area contributed by atoms with Crippen LogP contribution in [0.4, 0.5) is 5.69 Å². The normalized spacial score (nSPS) is 22.0. The van der Waals surface area contributed by atoms with Gasteiger partial charge in [-0.2, -0.15) is 0 Å². The van der Waals surface area contributed by atoms with Crippen molar-refractivity contribution in [2.24, 2.45) is 0 Å². The number of rotatable bonds is 4. The Morgan fingerprint density at radius 2 is 1.88 bits per heavy atom. The number of anilines is 1. The first-order valence-corrected chi connectivity index (χ1v) is 9.86. The number of hydrogen-bond acceptors (Lipinski definition) is 4. The molecule has 2 N–H and O–H groups in total. The molecule has 0 spiro atoms. The highest BCUT2D eigenvalue weighted by atomic mass is 32.2. The van der Waals surface area contributed by atoms with Gasteiger partial charge in [-0.3, -0.25) is 14.9 Å². The highest BCUT2D eigenvalue weighted by Gasteiger charge is 2.29. The number of benzene rings is 2. The maximum atomic E-state index is 12.6. The fourth-order valence-corrected chi connectivity index (χ4v) is 4.43. The van der Waals surface area contributed by atoms with Gasteiger partial charge in [0, 0.05) is 24.7 Å². The topological polar surface area (TPSA) is 61.4 Å². The van der Waals surface area contributed by atoms with Gasteiger partial charge < -0.3 is 10.2 Å². The van der Waals surface area contributed by atoms with E-state index in [-0.39, 0.29) is 23.4 Å². The fraction of sp³-hybridized carbons (Fsp3) is 0.300. The molecular weight excluding hydrogens is 346 g/mol. The molecule has 2 aliphatic rings.